The third kappa shape index (κ3) is 5.29. The average molecular weight is 418 g/mol. The summed E-state index contributed by atoms with van der Waals surface area (Å²) in [4.78, 5) is 48.8. The lowest BCUT2D eigenvalue weighted by Crippen LogP contribution is -2.34. The number of carboxylic acids is 1. The first-order valence-electron chi connectivity index (χ1n) is 8.03. The topological polar surface area (TPSA) is 209 Å². The van der Waals surface area contributed by atoms with E-state index < -0.39 is 56.0 Å². The molecule has 28 heavy (non-hydrogen) atoms. The zero-order valence-electron chi connectivity index (χ0n) is 14.9. The summed E-state index contributed by atoms with van der Waals surface area (Å²) in [7, 11) is -4.48. The highest BCUT2D eigenvalue weighted by Crippen LogP contribution is 2.40. The lowest BCUT2D eigenvalue weighted by molar-refractivity contribution is -0.138. The number of nitrogens with zero attached hydrogens (tertiary/aromatic N) is 4. The summed E-state index contributed by atoms with van der Waals surface area (Å²) in [6.45, 7) is 2.14. The van der Waals surface area contributed by atoms with Gasteiger partial charge >= 0.3 is 19.4 Å². The Morgan fingerprint density at radius 2 is 2.32 bits per heavy atom. The van der Waals surface area contributed by atoms with Gasteiger partial charge in [-0.2, -0.15) is 0 Å². The van der Waals surface area contributed by atoms with Gasteiger partial charge in [-0.05, 0) is 19.4 Å². The Labute approximate surface area is 157 Å². The summed E-state index contributed by atoms with van der Waals surface area (Å²) in [5, 5.41) is 14.2. The molecule has 1 aromatic rings. The molecule has 14 nitrogen and oxygen atoms in total. The molecule has 2 heterocycles. The van der Waals surface area contributed by atoms with Crippen molar-refractivity contribution in [2.24, 2.45) is 5.11 Å². The molecule has 0 radical (unpaired) electrons. The molecule has 4 N–H and O–H groups in total. The average Bonchev–Trinajstić information content (AvgIpc) is 2.99. The maximum absolute atomic E-state index is 12.0. The van der Waals surface area contributed by atoms with Crippen LogP contribution >= 0.6 is 7.75 Å². The SMILES string of the molecule is Cc1cn([C@H]2CC(N=[N+]=[N-])[C@@H](COP(=O)(O)N[C@@H](C)C(=O)O)O2)c(=O)[nH]c1=O. The zero-order valence-corrected chi connectivity index (χ0v) is 15.8. The van der Waals surface area contributed by atoms with E-state index in [0.29, 0.717) is 0 Å². The number of aromatic nitrogens is 2. The first-order valence-corrected chi connectivity index (χ1v) is 9.61. The summed E-state index contributed by atoms with van der Waals surface area (Å²) in [6.07, 6.45) is -0.550. The molecule has 1 saturated heterocycles. The third-order valence-electron chi connectivity index (χ3n) is 4.00. The van der Waals surface area contributed by atoms with Gasteiger partial charge in [-0.1, -0.05) is 5.11 Å². The van der Waals surface area contributed by atoms with Crippen LogP contribution in [0.5, 0.6) is 0 Å². The predicted molar refractivity (Wildman–Crippen MR) is 93.5 cm³/mol. The summed E-state index contributed by atoms with van der Waals surface area (Å²) in [5.74, 6) is -1.35. The molecule has 1 aromatic heterocycles. The Kier molecular flexibility index (Phi) is 6.77. The van der Waals surface area contributed by atoms with Crippen LogP contribution in [0.1, 0.15) is 25.1 Å². The van der Waals surface area contributed by atoms with Gasteiger partial charge in [-0.3, -0.25) is 23.7 Å². The molecule has 154 valence electrons. The second-order valence-electron chi connectivity index (χ2n) is 6.12. The number of carboxylic acid groups (broad SMARTS) is 1. The molecule has 0 aliphatic carbocycles. The van der Waals surface area contributed by atoms with Gasteiger partial charge in [-0.25, -0.2) is 14.4 Å². The number of hydrogen-bond donors (Lipinski definition) is 4. The van der Waals surface area contributed by atoms with E-state index in [2.05, 4.69) is 15.0 Å². The fourth-order valence-corrected chi connectivity index (χ4v) is 3.56. The number of aromatic amines is 1. The van der Waals surface area contributed by atoms with Crippen LogP contribution in [0.15, 0.2) is 20.9 Å². The molecule has 15 heteroatoms. The van der Waals surface area contributed by atoms with E-state index in [-0.39, 0.29) is 12.0 Å². The summed E-state index contributed by atoms with van der Waals surface area (Å²) in [5.41, 5.74) is 7.69. The third-order valence-corrected chi connectivity index (χ3v) is 5.21. The number of ether oxygens (including phenoxy) is 1. The standard InChI is InChI=1S/C13H19N6O8P/c1-6-4-19(13(23)15-11(6)20)10-3-8(16-18-14)9(27-10)5-26-28(24,25)17-7(2)12(21)22/h4,7-10H,3,5H2,1-2H3,(H,21,22)(H,15,20,23)(H2,17,24,25)/t7-,8?,9+,10+/m0/s1. The van der Waals surface area contributed by atoms with Crippen LogP contribution in [0.2, 0.25) is 0 Å². The van der Waals surface area contributed by atoms with E-state index in [0.717, 1.165) is 11.5 Å². The molecular weight excluding hydrogens is 399 g/mol. The molecule has 2 unspecified atom stereocenters. The second kappa shape index (κ2) is 8.69. The number of aryl methyl sites for hydroxylation is 1. The lowest BCUT2D eigenvalue weighted by atomic mass is 10.1. The van der Waals surface area contributed by atoms with Gasteiger partial charge in [-0.15, -0.1) is 0 Å². The van der Waals surface area contributed by atoms with Crippen molar-refractivity contribution in [2.75, 3.05) is 6.61 Å². The molecule has 0 amide bonds. The van der Waals surface area contributed by atoms with E-state index in [4.69, 9.17) is 19.9 Å². The summed E-state index contributed by atoms with van der Waals surface area (Å²) >= 11 is 0. The van der Waals surface area contributed by atoms with Gasteiger partial charge in [0.25, 0.3) is 5.56 Å². The summed E-state index contributed by atoms with van der Waals surface area (Å²) in [6, 6.07) is -2.17. The Bertz CT molecular complexity index is 953. The molecule has 0 spiro atoms. The van der Waals surface area contributed by atoms with Crippen molar-refractivity contribution >= 4 is 13.7 Å². The van der Waals surface area contributed by atoms with Gasteiger partial charge in [0.2, 0.25) is 0 Å². The largest absolute Gasteiger partial charge is 0.480 e. The molecular formula is C13H19N6O8P. The van der Waals surface area contributed by atoms with E-state index in [1.807, 2.05) is 5.09 Å². The predicted octanol–water partition coefficient (Wildman–Crippen LogP) is -0.00888. The number of azide groups is 1. The second-order valence-corrected chi connectivity index (χ2v) is 7.68. The Hall–Kier alpha value is -2.47. The number of nitrogens with one attached hydrogen (secondary N) is 2. The van der Waals surface area contributed by atoms with Crippen LogP contribution in [0, 0.1) is 6.92 Å². The first kappa shape index (κ1) is 21.8. The fraction of sp³-hybridized carbons (Fsp3) is 0.615. The maximum Gasteiger partial charge on any atom is 0.403 e. The van der Waals surface area contributed by atoms with Crippen LogP contribution in [0.25, 0.3) is 10.4 Å². The Balaban J connectivity index is 2.14. The smallest absolute Gasteiger partial charge is 0.403 e. The van der Waals surface area contributed by atoms with Crippen molar-refractivity contribution in [2.45, 2.75) is 44.7 Å². The van der Waals surface area contributed by atoms with Crippen molar-refractivity contribution in [3.63, 3.8) is 0 Å². The van der Waals surface area contributed by atoms with Crippen LogP contribution in [0.4, 0.5) is 0 Å². The van der Waals surface area contributed by atoms with Gasteiger partial charge in [0.15, 0.2) is 0 Å². The number of aliphatic carboxylic acids is 1. The highest BCUT2D eigenvalue weighted by Gasteiger charge is 2.38. The quantitative estimate of drug-likeness (QED) is 0.193. The van der Waals surface area contributed by atoms with Crippen molar-refractivity contribution in [3.05, 3.63) is 43.0 Å². The zero-order chi connectivity index (χ0) is 21.1. The molecule has 1 aliphatic rings. The number of carbonyl (C=O) groups is 1. The van der Waals surface area contributed by atoms with Crippen molar-refractivity contribution in [3.8, 4) is 0 Å². The molecule has 0 bridgehead atoms. The minimum absolute atomic E-state index is 0.0537. The molecule has 5 atom stereocenters. The minimum Gasteiger partial charge on any atom is -0.480 e. The van der Waals surface area contributed by atoms with E-state index in [1.165, 1.54) is 13.1 Å². The van der Waals surface area contributed by atoms with Crippen molar-refractivity contribution < 1.29 is 28.6 Å². The van der Waals surface area contributed by atoms with Gasteiger partial charge < -0.3 is 14.7 Å². The molecule has 0 aromatic carbocycles. The number of H-pyrrole nitrogens is 1. The monoisotopic (exact) mass is 418 g/mol. The van der Waals surface area contributed by atoms with Gasteiger partial charge in [0, 0.05) is 23.1 Å². The lowest BCUT2D eigenvalue weighted by Gasteiger charge is -2.20. The number of hydrogen-bond acceptors (Lipinski definition) is 7. The van der Waals surface area contributed by atoms with Crippen LogP contribution in [0.3, 0.4) is 0 Å². The molecule has 0 saturated carbocycles. The van der Waals surface area contributed by atoms with E-state index in [9.17, 15) is 23.8 Å². The minimum atomic E-state index is -4.48. The van der Waals surface area contributed by atoms with Gasteiger partial charge in [0.05, 0.1) is 18.8 Å². The summed E-state index contributed by atoms with van der Waals surface area (Å²) < 4.78 is 23.5. The first-order chi connectivity index (χ1) is 13.0. The Morgan fingerprint density at radius 1 is 1.64 bits per heavy atom. The van der Waals surface area contributed by atoms with Crippen LogP contribution < -0.4 is 16.3 Å². The molecule has 2 rings (SSSR count). The molecule has 1 fully saturated rings. The van der Waals surface area contributed by atoms with Crippen LogP contribution in [-0.4, -0.2) is 50.3 Å². The normalized spacial score (nSPS) is 24.9. The van der Waals surface area contributed by atoms with E-state index >= 15 is 0 Å². The molecule has 1 aliphatic heterocycles. The highest BCUT2D eigenvalue weighted by molar-refractivity contribution is 7.50. The van der Waals surface area contributed by atoms with Gasteiger partial charge in [0.1, 0.15) is 12.3 Å². The maximum atomic E-state index is 12.0. The fourth-order valence-electron chi connectivity index (χ4n) is 2.54. The van der Waals surface area contributed by atoms with E-state index in [1.54, 1.807) is 0 Å². The van der Waals surface area contributed by atoms with Crippen LogP contribution in [-0.2, 0) is 18.6 Å². The highest BCUT2D eigenvalue weighted by atomic mass is 31.2. The Morgan fingerprint density at radius 3 is 2.93 bits per heavy atom. The number of rotatable bonds is 8. The van der Waals surface area contributed by atoms with Crippen molar-refractivity contribution in [1.82, 2.24) is 14.6 Å². The van der Waals surface area contributed by atoms with Crippen molar-refractivity contribution in [1.29, 1.82) is 0 Å².